The van der Waals surface area contributed by atoms with Crippen LogP contribution in [0.1, 0.15) is 30.8 Å². The Bertz CT molecular complexity index is 1630. The molecule has 0 unspecified atom stereocenters. The third-order valence-corrected chi connectivity index (χ3v) is 6.38. The fourth-order valence-corrected chi connectivity index (χ4v) is 4.35. The smallest absolute Gasteiger partial charge is 0.248 e. The fourth-order valence-electron chi connectivity index (χ4n) is 4.12. The quantitative estimate of drug-likeness (QED) is 0.187. The Balaban J connectivity index is 1.71. The van der Waals surface area contributed by atoms with Gasteiger partial charge in [-0.25, -0.2) is 0 Å². The average molecular weight is 586 g/mol. The van der Waals surface area contributed by atoms with Gasteiger partial charge in [0.25, 0.3) is 0 Å². The second-order valence-corrected chi connectivity index (χ2v) is 9.89. The van der Waals surface area contributed by atoms with Gasteiger partial charge in [-0.15, -0.1) is 0 Å². The van der Waals surface area contributed by atoms with E-state index in [0.717, 1.165) is 5.69 Å². The van der Waals surface area contributed by atoms with Gasteiger partial charge in [0.2, 0.25) is 5.91 Å². The van der Waals surface area contributed by atoms with Gasteiger partial charge in [-0.05, 0) is 57.8 Å². The summed E-state index contributed by atoms with van der Waals surface area (Å²) < 4.78 is 18.0. The van der Waals surface area contributed by atoms with Crippen LogP contribution in [0.15, 0.2) is 66.9 Å². The maximum atomic E-state index is 12.7. The molecule has 1 amide bonds. The molecule has 0 fully saturated rings. The van der Waals surface area contributed by atoms with Crippen LogP contribution in [0.3, 0.4) is 0 Å². The van der Waals surface area contributed by atoms with Crippen molar-refractivity contribution >= 4 is 34.1 Å². The van der Waals surface area contributed by atoms with E-state index >= 15 is 0 Å². The van der Waals surface area contributed by atoms with Crippen molar-refractivity contribution in [3.05, 3.63) is 88.9 Å². The molecule has 0 saturated carbocycles. The SMILES string of the molecule is CCOc1cc2nc(CC)c(C#N)c(Oc3ccc(OCc4ccccn4)c(Cl)c3)c2cc1NC(=O)/C=C/CN(C)C. The molecule has 9 nitrogen and oxygen atoms in total. The number of carbonyl (C=O) groups is 1. The summed E-state index contributed by atoms with van der Waals surface area (Å²) in [4.78, 5) is 23.6. The standard InChI is InChI=1S/C32H32ClN5O4/c1-5-26-24(19-34)32(42-22-12-13-29(25(33)16-22)41-20-21-10-7-8-14-35-21)23-17-28(30(40-6-2)18-27(23)36-26)37-31(39)11-9-15-38(3)4/h7-14,16-18H,5-6,15,20H2,1-4H3,(H,37,39)/b11-9+. The first kappa shape index (κ1) is 30.3. The molecule has 1 N–H and O–H groups in total. The number of carbonyl (C=O) groups excluding carboxylic acids is 1. The molecule has 2 heterocycles. The summed E-state index contributed by atoms with van der Waals surface area (Å²) in [5, 5.41) is 13.9. The summed E-state index contributed by atoms with van der Waals surface area (Å²) >= 11 is 6.54. The average Bonchev–Trinajstić information content (AvgIpc) is 2.97. The van der Waals surface area contributed by atoms with Crippen LogP contribution in [-0.4, -0.2) is 48.0 Å². The maximum Gasteiger partial charge on any atom is 0.248 e. The highest BCUT2D eigenvalue weighted by atomic mass is 35.5. The lowest BCUT2D eigenvalue weighted by Crippen LogP contribution is -2.13. The number of benzene rings is 2. The van der Waals surface area contributed by atoms with Crippen LogP contribution in [0.5, 0.6) is 23.0 Å². The van der Waals surface area contributed by atoms with E-state index in [1.807, 2.05) is 51.0 Å². The number of aromatic nitrogens is 2. The minimum atomic E-state index is -0.314. The molecule has 216 valence electrons. The maximum absolute atomic E-state index is 12.7. The number of aryl methyl sites for hydroxylation is 1. The van der Waals surface area contributed by atoms with Crippen LogP contribution >= 0.6 is 11.6 Å². The second kappa shape index (κ2) is 14.3. The summed E-state index contributed by atoms with van der Waals surface area (Å²) in [6.45, 7) is 5.04. The summed E-state index contributed by atoms with van der Waals surface area (Å²) in [7, 11) is 3.83. The Morgan fingerprint density at radius 1 is 1.12 bits per heavy atom. The Labute approximate surface area is 250 Å². The van der Waals surface area contributed by atoms with E-state index in [-0.39, 0.29) is 12.5 Å². The molecule has 0 bridgehead atoms. The number of rotatable bonds is 12. The molecule has 0 saturated heterocycles. The van der Waals surface area contributed by atoms with E-state index in [4.69, 9.17) is 30.8 Å². The summed E-state index contributed by atoms with van der Waals surface area (Å²) in [5.41, 5.74) is 2.63. The number of amides is 1. The molecule has 0 aliphatic carbocycles. The van der Waals surface area contributed by atoms with Gasteiger partial charge in [0.1, 0.15) is 35.5 Å². The first-order valence-corrected chi connectivity index (χ1v) is 13.9. The number of likely N-dealkylation sites (N-methyl/N-ethyl adjacent to an activating group) is 1. The molecular formula is C32H32ClN5O4. The largest absolute Gasteiger partial charge is 0.492 e. The van der Waals surface area contributed by atoms with Gasteiger partial charge in [0.15, 0.2) is 5.75 Å². The molecule has 0 aliphatic heterocycles. The summed E-state index contributed by atoms with van der Waals surface area (Å²) in [5.74, 6) is 1.33. The van der Waals surface area contributed by atoms with E-state index in [9.17, 15) is 10.1 Å². The van der Waals surface area contributed by atoms with Gasteiger partial charge >= 0.3 is 0 Å². The fraction of sp³-hybridized carbons (Fsp3) is 0.250. The van der Waals surface area contributed by atoms with Gasteiger partial charge in [0, 0.05) is 36.3 Å². The monoisotopic (exact) mass is 585 g/mol. The van der Waals surface area contributed by atoms with Crippen molar-refractivity contribution in [2.45, 2.75) is 26.9 Å². The molecular weight excluding hydrogens is 554 g/mol. The third-order valence-electron chi connectivity index (χ3n) is 6.08. The van der Waals surface area contributed by atoms with E-state index in [0.29, 0.717) is 75.4 Å². The number of fused-ring (bicyclic) bond motifs is 1. The Morgan fingerprint density at radius 3 is 2.62 bits per heavy atom. The number of nitriles is 1. The van der Waals surface area contributed by atoms with Crippen LogP contribution in [-0.2, 0) is 17.8 Å². The number of hydrogen-bond acceptors (Lipinski definition) is 8. The Kier molecular flexibility index (Phi) is 10.3. The summed E-state index contributed by atoms with van der Waals surface area (Å²) in [6, 6.07) is 16.3. The molecule has 4 rings (SSSR count). The number of hydrogen-bond donors (Lipinski definition) is 1. The lowest BCUT2D eigenvalue weighted by molar-refractivity contribution is -0.111. The van der Waals surface area contributed by atoms with Crippen molar-refractivity contribution in [3.63, 3.8) is 0 Å². The normalized spacial score (nSPS) is 11.1. The van der Waals surface area contributed by atoms with Gasteiger partial charge in [-0.3, -0.25) is 14.8 Å². The molecule has 4 aromatic rings. The molecule has 10 heteroatoms. The highest BCUT2D eigenvalue weighted by Gasteiger charge is 2.20. The molecule has 0 radical (unpaired) electrons. The number of pyridine rings is 2. The zero-order chi connectivity index (χ0) is 30.1. The highest BCUT2D eigenvalue weighted by molar-refractivity contribution is 6.32. The lowest BCUT2D eigenvalue weighted by atomic mass is 10.0. The minimum Gasteiger partial charge on any atom is -0.492 e. The number of halogens is 1. The van der Waals surface area contributed by atoms with E-state index in [2.05, 4.69) is 16.4 Å². The van der Waals surface area contributed by atoms with Crippen molar-refractivity contribution in [2.24, 2.45) is 0 Å². The van der Waals surface area contributed by atoms with Crippen molar-refractivity contribution < 1.29 is 19.0 Å². The van der Waals surface area contributed by atoms with Crippen molar-refractivity contribution in [1.82, 2.24) is 14.9 Å². The van der Waals surface area contributed by atoms with Crippen LogP contribution in [0.4, 0.5) is 5.69 Å². The van der Waals surface area contributed by atoms with Crippen LogP contribution < -0.4 is 19.5 Å². The predicted molar refractivity (Wildman–Crippen MR) is 163 cm³/mol. The van der Waals surface area contributed by atoms with Gasteiger partial charge in [-0.1, -0.05) is 30.7 Å². The molecule has 0 atom stereocenters. The van der Waals surface area contributed by atoms with Gasteiger partial charge in [0.05, 0.1) is 34.2 Å². The number of nitrogens with zero attached hydrogens (tertiary/aromatic N) is 4. The second-order valence-electron chi connectivity index (χ2n) is 9.48. The van der Waals surface area contributed by atoms with Crippen LogP contribution in [0.2, 0.25) is 5.02 Å². The molecule has 2 aromatic carbocycles. The van der Waals surface area contributed by atoms with E-state index < -0.39 is 0 Å². The minimum absolute atomic E-state index is 0.259. The molecule has 0 spiro atoms. The van der Waals surface area contributed by atoms with Crippen molar-refractivity contribution in [3.8, 4) is 29.1 Å². The number of nitrogens with one attached hydrogen (secondary N) is 1. The molecule has 0 aliphatic rings. The first-order valence-electron chi connectivity index (χ1n) is 13.5. The van der Waals surface area contributed by atoms with Crippen LogP contribution in [0.25, 0.3) is 10.9 Å². The third kappa shape index (κ3) is 7.55. The van der Waals surface area contributed by atoms with E-state index in [1.54, 1.807) is 42.6 Å². The van der Waals surface area contributed by atoms with Gasteiger partial charge in [-0.2, -0.15) is 5.26 Å². The highest BCUT2D eigenvalue weighted by Crippen LogP contribution is 2.40. The molecule has 2 aromatic heterocycles. The topological polar surface area (TPSA) is 110 Å². The Morgan fingerprint density at radius 2 is 1.95 bits per heavy atom. The molecule has 42 heavy (non-hydrogen) atoms. The number of anilines is 1. The first-order chi connectivity index (χ1) is 20.3. The van der Waals surface area contributed by atoms with Crippen molar-refractivity contribution in [2.75, 3.05) is 32.6 Å². The zero-order valence-corrected chi connectivity index (χ0v) is 24.7. The lowest BCUT2D eigenvalue weighted by Gasteiger charge is -2.17. The van der Waals surface area contributed by atoms with Gasteiger partial charge < -0.3 is 24.4 Å². The summed E-state index contributed by atoms with van der Waals surface area (Å²) in [6.07, 6.45) is 5.44. The zero-order valence-electron chi connectivity index (χ0n) is 24.0. The van der Waals surface area contributed by atoms with Crippen LogP contribution in [0, 0.1) is 11.3 Å². The predicted octanol–water partition coefficient (Wildman–Crippen LogP) is 6.54. The van der Waals surface area contributed by atoms with Crippen molar-refractivity contribution in [1.29, 1.82) is 5.26 Å². The van der Waals surface area contributed by atoms with E-state index in [1.165, 1.54) is 6.08 Å². The Hall–Kier alpha value is -4.65. The number of ether oxygens (including phenoxy) is 3.